The molecule has 0 atom stereocenters. The third kappa shape index (κ3) is 3.08. The molecule has 1 aliphatic rings. The Morgan fingerprint density at radius 1 is 1.21 bits per heavy atom. The molecule has 0 radical (unpaired) electrons. The van der Waals surface area contributed by atoms with Gasteiger partial charge in [0.2, 0.25) is 0 Å². The Labute approximate surface area is 148 Å². The number of hydrogen-bond donors (Lipinski definition) is 2. The summed E-state index contributed by atoms with van der Waals surface area (Å²) >= 11 is 6.47. The van der Waals surface area contributed by atoms with E-state index in [2.05, 4.69) is 0 Å². The number of aromatic hydroxyl groups is 2. The Morgan fingerprint density at radius 3 is 2.71 bits per heavy atom. The summed E-state index contributed by atoms with van der Waals surface area (Å²) in [6, 6.07) is 11.2. The molecule has 2 aromatic carbocycles. The number of phenols is 2. The van der Waals surface area contributed by atoms with E-state index < -0.39 is 0 Å². The lowest BCUT2D eigenvalue weighted by Gasteiger charge is -2.14. The van der Waals surface area contributed by atoms with Crippen molar-refractivity contribution in [1.29, 1.82) is 0 Å². The Balaban J connectivity index is 1.94. The number of ether oxygens (including phenoxy) is 1. The van der Waals surface area contributed by atoms with Crippen LogP contribution in [-0.2, 0) is 4.79 Å². The fourth-order valence-corrected chi connectivity index (χ4v) is 3.56. The van der Waals surface area contributed by atoms with Gasteiger partial charge in [-0.2, -0.15) is 0 Å². The van der Waals surface area contributed by atoms with Gasteiger partial charge in [-0.1, -0.05) is 36.1 Å². The van der Waals surface area contributed by atoms with Gasteiger partial charge in [-0.05, 0) is 35.9 Å². The van der Waals surface area contributed by atoms with Crippen molar-refractivity contribution in [3.63, 3.8) is 0 Å². The largest absolute Gasteiger partial charge is 0.508 e. The van der Waals surface area contributed by atoms with Crippen molar-refractivity contribution >= 4 is 46.0 Å². The van der Waals surface area contributed by atoms with Gasteiger partial charge in [-0.3, -0.25) is 9.69 Å². The maximum absolute atomic E-state index is 12.6. The highest BCUT2D eigenvalue weighted by Crippen LogP contribution is 2.37. The van der Waals surface area contributed by atoms with Crippen LogP contribution in [0.5, 0.6) is 17.2 Å². The molecule has 1 amide bonds. The first-order valence-corrected chi connectivity index (χ1v) is 8.16. The Kier molecular flexibility index (Phi) is 4.46. The molecule has 0 unspecified atom stereocenters. The zero-order valence-corrected chi connectivity index (χ0v) is 14.2. The Hall–Kier alpha value is -2.51. The van der Waals surface area contributed by atoms with Crippen LogP contribution >= 0.6 is 24.0 Å². The summed E-state index contributed by atoms with van der Waals surface area (Å²) in [4.78, 5) is 14.5. The van der Waals surface area contributed by atoms with Crippen LogP contribution in [0.4, 0.5) is 5.69 Å². The van der Waals surface area contributed by atoms with Gasteiger partial charge in [0.05, 0.1) is 17.7 Å². The van der Waals surface area contributed by atoms with Gasteiger partial charge in [0.25, 0.3) is 5.91 Å². The van der Waals surface area contributed by atoms with E-state index in [1.165, 1.54) is 42.0 Å². The van der Waals surface area contributed by atoms with Crippen LogP contribution in [0.1, 0.15) is 5.56 Å². The molecule has 122 valence electrons. The molecule has 2 N–H and O–H groups in total. The minimum Gasteiger partial charge on any atom is -0.508 e. The molecule has 1 saturated heterocycles. The van der Waals surface area contributed by atoms with E-state index in [0.717, 1.165) is 0 Å². The van der Waals surface area contributed by atoms with Gasteiger partial charge < -0.3 is 14.9 Å². The maximum Gasteiger partial charge on any atom is 0.270 e. The van der Waals surface area contributed by atoms with Crippen LogP contribution in [0.25, 0.3) is 6.08 Å². The van der Waals surface area contributed by atoms with E-state index >= 15 is 0 Å². The molecule has 0 spiro atoms. The molecule has 3 rings (SSSR count). The quantitative estimate of drug-likeness (QED) is 0.646. The summed E-state index contributed by atoms with van der Waals surface area (Å²) in [7, 11) is 1.46. The van der Waals surface area contributed by atoms with Crippen molar-refractivity contribution in [2.45, 2.75) is 0 Å². The smallest absolute Gasteiger partial charge is 0.270 e. The lowest BCUT2D eigenvalue weighted by Crippen LogP contribution is -2.27. The molecule has 0 bridgehead atoms. The Bertz CT molecular complexity index is 863. The fraction of sp³-hybridized carbons (Fsp3) is 0.0588. The third-order valence-corrected chi connectivity index (χ3v) is 4.69. The lowest BCUT2D eigenvalue weighted by molar-refractivity contribution is -0.113. The SMILES string of the molecule is COc1cc(/C=C2/SC(=S)N(c3cccc(O)c3)C2=O)ccc1O. The van der Waals surface area contributed by atoms with Crippen LogP contribution in [0, 0.1) is 0 Å². The van der Waals surface area contributed by atoms with Gasteiger partial charge in [0.15, 0.2) is 15.8 Å². The normalized spacial score (nSPS) is 16.0. The molecule has 5 nitrogen and oxygen atoms in total. The van der Waals surface area contributed by atoms with E-state index in [9.17, 15) is 15.0 Å². The molecular formula is C17H13NO4S2. The number of benzene rings is 2. The van der Waals surface area contributed by atoms with Crippen LogP contribution in [0.2, 0.25) is 0 Å². The van der Waals surface area contributed by atoms with Crippen molar-refractivity contribution < 1.29 is 19.7 Å². The third-order valence-electron chi connectivity index (χ3n) is 3.38. The van der Waals surface area contributed by atoms with E-state index in [4.69, 9.17) is 17.0 Å². The summed E-state index contributed by atoms with van der Waals surface area (Å²) < 4.78 is 5.46. The van der Waals surface area contributed by atoms with E-state index in [1.807, 2.05) is 0 Å². The first-order chi connectivity index (χ1) is 11.5. The number of thioether (sulfide) groups is 1. The topological polar surface area (TPSA) is 70.0 Å². The number of carbonyl (C=O) groups excluding carboxylic acids is 1. The number of nitrogens with zero attached hydrogens (tertiary/aromatic N) is 1. The van der Waals surface area contributed by atoms with Gasteiger partial charge in [0, 0.05) is 6.07 Å². The molecule has 1 fully saturated rings. The molecule has 1 heterocycles. The second-order valence-corrected chi connectivity index (χ2v) is 6.64. The van der Waals surface area contributed by atoms with E-state index in [1.54, 1.807) is 30.3 Å². The maximum atomic E-state index is 12.6. The molecule has 0 aromatic heterocycles. The zero-order chi connectivity index (χ0) is 17.3. The fourth-order valence-electron chi connectivity index (χ4n) is 2.26. The molecule has 0 saturated carbocycles. The monoisotopic (exact) mass is 359 g/mol. The average Bonchev–Trinajstić information content (AvgIpc) is 2.83. The van der Waals surface area contributed by atoms with Gasteiger partial charge in [-0.25, -0.2) is 0 Å². The minimum absolute atomic E-state index is 0.0296. The van der Waals surface area contributed by atoms with Gasteiger partial charge >= 0.3 is 0 Å². The molecule has 24 heavy (non-hydrogen) atoms. The summed E-state index contributed by atoms with van der Waals surface area (Å²) in [6.45, 7) is 0. The predicted octanol–water partition coefficient (Wildman–Crippen LogP) is 3.51. The van der Waals surface area contributed by atoms with Crippen molar-refractivity contribution in [1.82, 2.24) is 0 Å². The number of hydrogen-bond acceptors (Lipinski definition) is 6. The van der Waals surface area contributed by atoms with Crippen LogP contribution in [0.15, 0.2) is 47.4 Å². The van der Waals surface area contributed by atoms with E-state index in [0.29, 0.717) is 26.2 Å². The molecule has 2 aromatic rings. The van der Waals surface area contributed by atoms with Crippen molar-refractivity contribution in [3.05, 3.63) is 52.9 Å². The van der Waals surface area contributed by atoms with Crippen LogP contribution in [0.3, 0.4) is 0 Å². The Morgan fingerprint density at radius 2 is 2.00 bits per heavy atom. The molecule has 0 aliphatic carbocycles. The first kappa shape index (κ1) is 16.4. The number of methoxy groups -OCH3 is 1. The van der Waals surface area contributed by atoms with Crippen molar-refractivity contribution in [2.24, 2.45) is 0 Å². The summed E-state index contributed by atoms with van der Waals surface area (Å²) in [5.41, 5.74) is 1.23. The first-order valence-electron chi connectivity index (χ1n) is 6.93. The number of rotatable bonds is 3. The molecule has 1 aliphatic heterocycles. The highest BCUT2D eigenvalue weighted by Gasteiger charge is 2.33. The number of phenolic OH excluding ortho intramolecular Hbond substituents is 2. The lowest BCUT2D eigenvalue weighted by atomic mass is 10.2. The average molecular weight is 359 g/mol. The highest BCUT2D eigenvalue weighted by atomic mass is 32.2. The number of amides is 1. The van der Waals surface area contributed by atoms with Crippen molar-refractivity contribution in [3.8, 4) is 17.2 Å². The van der Waals surface area contributed by atoms with Crippen LogP contribution < -0.4 is 9.64 Å². The predicted molar refractivity (Wildman–Crippen MR) is 98.4 cm³/mol. The van der Waals surface area contributed by atoms with Gasteiger partial charge in [0.1, 0.15) is 5.75 Å². The van der Waals surface area contributed by atoms with Crippen molar-refractivity contribution in [2.75, 3.05) is 12.0 Å². The number of anilines is 1. The van der Waals surface area contributed by atoms with Crippen LogP contribution in [-0.4, -0.2) is 27.6 Å². The molecular weight excluding hydrogens is 346 g/mol. The van der Waals surface area contributed by atoms with E-state index in [-0.39, 0.29) is 17.4 Å². The summed E-state index contributed by atoms with van der Waals surface area (Å²) in [5, 5.41) is 19.2. The second-order valence-electron chi connectivity index (χ2n) is 4.97. The molecule has 7 heteroatoms. The summed E-state index contributed by atoms with van der Waals surface area (Å²) in [5.74, 6) is 0.158. The standard InChI is InChI=1S/C17H13NO4S2/c1-22-14-7-10(5-6-13(14)20)8-15-16(21)18(17(23)24-15)11-3-2-4-12(19)9-11/h2-9,19-20H,1H3/b15-8+. The summed E-state index contributed by atoms with van der Waals surface area (Å²) in [6.07, 6.45) is 1.68. The highest BCUT2D eigenvalue weighted by molar-refractivity contribution is 8.27. The number of thiocarbonyl (C=S) groups is 1. The number of carbonyl (C=O) groups is 1. The zero-order valence-electron chi connectivity index (χ0n) is 12.6. The minimum atomic E-state index is -0.261. The second kappa shape index (κ2) is 6.54. The van der Waals surface area contributed by atoms with Gasteiger partial charge in [-0.15, -0.1) is 0 Å².